The molecule has 0 N–H and O–H groups in total. The summed E-state index contributed by atoms with van der Waals surface area (Å²) in [6.45, 7) is 4.31. The fourth-order valence-corrected chi connectivity index (χ4v) is 4.61. The number of carbonyl (C=O) groups excluding carboxylic acids is 1. The highest BCUT2D eigenvalue weighted by Crippen LogP contribution is 2.29. The van der Waals surface area contributed by atoms with Crippen molar-refractivity contribution in [3.05, 3.63) is 23.8 Å². The highest BCUT2D eigenvalue weighted by atomic mass is 32.2. The van der Waals surface area contributed by atoms with Gasteiger partial charge in [-0.05, 0) is 30.2 Å². The molecule has 0 unspecified atom stereocenters. The number of ether oxygens (including phenoxy) is 1. The van der Waals surface area contributed by atoms with E-state index in [4.69, 9.17) is 4.74 Å². The first-order valence-corrected chi connectivity index (χ1v) is 10.00. The van der Waals surface area contributed by atoms with E-state index >= 15 is 0 Å². The molecule has 0 saturated carbocycles. The van der Waals surface area contributed by atoms with Crippen LogP contribution in [-0.4, -0.2) is 56.3 Å². The number of hydrogen-bond donors (Lipinski definition) is 0. The Bertz CT molecular complexity index is 709. The molecule has 0 bridgehead atoms. The quantitative estimate of drug-likeness (QED) is 0.808. The summed E-state index contributed by atoms with van der Waals surface area (Å²) in [5.41, 5.74) is 0.949. The Morgan fingerprint density at radius 3 is 2.67 bits per heavy atom. The van der Waals surface area contributed by atoms with Gasteiger partial charge in [0.1, 0.15) is 5.75 Å². The van der Waals surface area contributed by atoms with E-state index in [-0.39, 0.29) is 5.91 Å². The van der Waals surface area contributed by atoms with E-state index in [0.717, 1.165) is 30.6 Å². The lowest BCUT2D eigenvalue weighted by atomic mass is 10.2. The van der Waals surface area contributed by atoms with Crippen LogP contribution in [0.4, 0.5) is 0 Å². The number of rotatable bonds is 5. The molecule has 7 heteroatoms. The summed E-state index contributed by atoms with van der Waals surface area (Å²) in [7, 11) is -3.51. The molecular formula is C17H24N2O4S. The SMILES string of the molecule is CCCCC(=O)N1CCN(S(=O)(=O)c2ccc3c(c2)CCO3)CC1. The summed E-state index contributed by atoms with van der Waals surface area (Å²) in [6.07, 6.45) is 3.17. The Kier molecular flexibility index (Phi) is 5.10. The van der Waals surface area contributed by atoms with Crippen LogP contribution >= 0.6 is 0 Å². The third-order valence-corrected chi connectivity index (χ3v) is 6.53. The number of piperazine rings is 1. The standard InChI is InChI=1S/C17H24N2O4S/c1-2-3-4-17(20)18-8-10-19(11-9-18)24(21,22)15-5-6-16-14(13-15)7-12-23-16/h5-6,13H,2-4,7-12H2,1H3. The van der Waals surface area contributed by atoms with Gasteiger partial charge in [0.05, 0.1) is 11.5 Å². The second-order valence-electron chi connectivity index (χ2n) is 6.26. The molecule has 3 rings (SSSR count). The van der Waals surface area contributed by atoms with Gasteiger partial charge in [0.15, 0.2) is 0 Å². The summed E-state index contributed by atoms with van der Waals surface area (Å²) >= 11 is 0. The molecule has 2 aliphatic rings. The van der Waals surface area contributed by atoms with Crippen molar-refractivity contribution in [3.63, 3.8) is 0 Å². The van der Waals surface area contributed by atoms with Gasteiger partial charge in [-0.1, -0.05) is 13.3 Å². The Morgan fingerprint density at radius 2 is 1.96 bits per heavy atom. The minimum atomic E-state index is -3.51. The maximum atomic E-state index is 12.8. The molecule has 0 aliphatic carbocycles. The Hall–Kier alpha value is -1.60. The number of unbranched alkanes of at least 4 members (excludes halogenated alkanes) is 1. The van der Waals surface area contributed by atoms with E-state index in [0.29, 0.717) is 44.1 Å². The van der Waals surface area contributed by atoms with Crippen molar-refractivity contribution in [2.75, 3.05) is 32.8 Å². The number of nitrogens with zero attached hydrogens (tertiary/aromatic N) is 2. The molecular weight excluding hydrogens is 328 g/mol. The first-order chi connectivity index (χ1) is 11.5. The summed E-state index contributed by atoms with van der Waals surface area (Å²) in [6, 6.07) is 5.06. The van der Waals surface area contributed by atoms with Crippen molar-refractivity contribution < 1.29 is 17.9 Å². The van der Waals surface area contributed by atoms with Gasteiger partial charge in [-0.2, -0.15) is 4.31 Å². The van der Waals surface area contributed by atoms with Crippen LogP contribution in [0.5, 0.6) is 5.75 Å². The zero-order valence-corrected chi connectivity index (χ0v) is 14.8. The second kappa shape index (κ2) is 7.11. The molecule has 2 aliphatic heterocycles. The van der Waals surface area contributed by atoms with E-state index in [1.165, 1.54) is 4.31 Å². The van der Waals surface area contributed by atoms with E-state index in [1.54, 1.807) is 23.1 Å². The topological polar surface area (TPSA) is 66.9 Å². The van der Waals surface area contributed by atoms with Crippen LogP contribution < -0.4 is 4.74 Å². The zero-order valence-electron chi connectivity index (χ0n) is 14.0. The predicted molar refractivity (Wildman–Crippen MR) is 90.5 cm³/mol. The fraction of sp³-hybridized carbons (Fsp3) is 0.588. The van der Waals surface area contributed by atoms with Gasteiger partial charge in [0.25, 0.3) is 0 Å². The number of amides is 1. The van der Waals surface area contributed by atoms with Crippen LogP contribution in [0.3, 0.4) is 0 Å². The molecule has 2 heterocycles. The molecule has 0 spiro atoms. The van der Waals surface area contributed by atoms with Crippen molar-refractivity contribution in [1.29, 1.82) is 0 Å². The number of carbonyl (C=O) groups is 1. The van der Waals surface area contributed by atoms with Crippen LogP contribution in [0, 0.1) is 0 Å². The lowest BCUT2D eigenvalue weighted by Gasteiger charge is -2.34. The highest BCUT2D eigenvalue weighted by molar-refractivity contribution is 7.89. The van der Waals surface area contributed by atoms with Crippen LogP contribution in [0.1, 0.15) is 31.7 Å². The molecule has 24 heavy (non-hydrogen) atoms. The average molecular weight is 352 g/mol. The van der Waals surface area contributed by atoms with Gasteiger partial charge in [-0.3, -0.25) is 4.79 Å². The number of hydrogen-bond acceptors (Lipinski definition) is 4. The summed E-state index contributed by atoms with van der Waals surface area (Å²) < 4.78 is 32.5. The third-order valence-electron chi connectivity index (χ3n) is 4.63. The fourth-order valence-electron chi connectivity index (χ4n) is 3.14. The lowest BCUT2D eigenvalue weighted by Crippen LogP contribution is -2.50. The van der Waals surface area contributed by atoms with Crippen LogP contribution in [0.15, 0.2) is 23.1 Å². The molecule has 1 amide bonds. The number of fused-ring (bicyclic) bond motifs is 1. The first-order valence-electron chi connectivity index (χ1n) is 8.56. The number of benzene rings is 1. The van der Waals surface area contributed by atoms with Gasteiger partial charge >= 0.3 is 0 Å². The highest BCUT2D eigenvalue weighted by Gasteiger charge is 2.30. The van der Waals surface area contributed by atoms with Crippen molar-refractivity contribution in [3.8, 4) is 5.75 Å². The maximum Gasteiger partial charge on any atom is 0.243 e. The molecule has 1 saturated heterocycles. The first kappa shape index (κ1) is 17.2. The van der Waals surface area contributed by atoms with E-state index in [9.17, 15) is 13.2 Å². The summed E-state index contributed by atoms with van der Waals surface area (Å²) in [5.74, 6) is 0.906. The minimum absolute atomic E-state index is 0.128. The van der Waals surface area contributed by atoms with Crippen molar-refractivity contribution in [2.45, 2.75) is 37.5 Å². The number of sulfonamides is 1. The summed E-state index contributed by atoms with van der Waals surface area (Å²) in [5, 5.41) is 0. The molecule has 0 atom stereocenters. The normalized spacial score (nSPS) is 18.3. The minimum Gasteiger partial charge on any atom is -0.493 e. The van der Waals surface area contributed by atoms with Crippen LogP contribution in [-0.2, 0) is 21.2 Å². The second-order valence-corrected chi connectivity index (χ2v) is 8.19. The van der Waals surface area contributed by atoms with Crippen molar-refractivity contribution in [2.24, 2.45) is 0 Å². The molecule has 132 valence electrons. The van der Waals surface area contributed by atoms with Gasteiger partial charge in [-0.25, -0.2) is 8.42 Å². The molecule has 1 aromatic rings. The van der Waals surface area contributed by atoms with E-state index in [2.05, 4.69) is 6.92 Å². The Balaban J connectivity index is 1.66. The zero-order chi connectivity index (χ0) is 17.2. The van der Waals surface area contributed by atoms with Crippen LogP contribution in [0.2, 0.25) is 0 Å². The van der Waals surface area contributed by atoms with Gasteiger partial charge < -0.3 is 9.64 Å². The third kappa shape index (κ3) is 3.42. The smallest absolute Gasteiger partial charge is 0.243 e. The van der Waals surface area contributed by atoms with Gasteiger partial charge in [0, 0.05) is 39.0 Å². The van der Waals surface area contributed by atoms with Crippen LogP contribution in [0.25, 0.3) is 0 Å². The molecule has 1 aromatic carbocycles. The van der Waals surface area contributed by atoms with Crippen molar-refractivity contribution in [1.82, 2.24) is 9.21 Å². The maximum absolute atomic E-state index is 12.8. The Morgan fingerprint density at radius 1 is 1.21 bits per heavy atom. The van der Waals surface area contributed by atoms with Crippen molar-refractivity contribution >= 4 is 15.9 Å². The molecule has 0 aromatic heterocycles. The Labute approximate surface area is 143 Å². The monoisotopic (exact) mass is 352 g/mol. The molecule has 6 nitrogen and oxygen atoms in total. The largest absolute Gasteiger partial charge is 0.493 e. The lowest BCUT2D eigenvalue weighted by molar-refractivity contribution is -0.132. The van der Waals surface area contributed by atoms with E-state index in [1.807, 2.05) is 0 Å². The van der Waals surface area contributed by atoms with E-state index < -0.39 is 10.0 Å². The predicted octanol–water partition coefficient (Wildman–Crippen LogP) is 1.64. The summed E-state index contributed by atoms with van der Waals surface area (Å²) in [4.78, 5) is 14.1. The molecule has 1 fully saturated rings. The average Bonchev–Trinajstić information content (AvgIpc) is 3.07. The molecule has 0 radical (unpaired) electrons. The van der Waals surface area contributed by atoms with Gasteiger partial charge in [-0.15, -0.1) is 0 Å². The van der Waals surface area contributed by atoms with Gasteiger partial charge in [0.2, 0.25) is 15.9 Å².